The predicted molar refractivity (Wildman–Crippen MR) is 145 cm³/mol. The number of aromatic carboxylic acids is 1. The van der Waals surface area contributed by atoms with E-state index < -0.39 is 5.97 Å². The minimum absolute atomic E-state index is 0.170. The first-order chi connectivity index (χ1) is 17.2. The molecule has 0 bridgehead atoms. The Labute approximate surface area is 225 Å². The first-order valence-electron chi connectivity index (χ1n) is 10.6. The van der Waals surface area contributed by atoms with Gasteiger partial charge in [0.25, 0.3) is 5.91 Å². The van der Waals surface area contributed by atoms with Gasteiger partial charge < -0.3 is 14.6 Å². The fourth-order valence-corrected chi connectivity index (χ4v) is 4.98. The molecule has 184 valence electrons. The Morgan fingerprint density at radius 3 is 2.50 bits per heavy atom. The number of methoxy groups -OCH3 is 1. The molecule has 4 rings (SSSR count). The lowest BCUT2D eigenvalue weighted by Gasteiger charge is -2.14. The van der Waals surface area contributed by atoms with Gasteiger partial charge in [0.05, 0.1) is 27.7 Å². The third-order valence-electron chi connectivity index (χ3n) is 5.19. The number of aliphatic imine (C=N–C) groups is 1. The molecule has 36 heavy (non-hydrogen) atoms. The highest BCUT2D eigenvalue weighted by atomic mass is 79.9. The topological polar surface area (TPSA) is 88.4 Å². The molecule has 0 unspecified atom stereocenters. The summed E-state index contributed by atoms with van der Waals surface area (Å²) in [4.78, 5) is 30.3. The van der Waals surface area contributed by atoms with Crippen LogP contribution >= 0.6 is 39.3 Å². The van der Waals surface area contributed by atoms with Gasteiger partial charge in [-0.05, 0) is 93.4 Å². The summed E-state index contributed by atoms with van der Waals surface area (Å²) in [5, 5.41) is 10.2. The van der Waals surface area contributed by atoms with E-state index in [1.165, 1.54) is 28.8 Å². The predicted octanol–water partition coefficient (Wildman–Crippen LogP) is 6.62. The van der Waals surface area contributed by atoms with Gasteiger partial charge in [0.15, 0.2) is 16.7 Å². The van der Waals surface area contributed by atoms with Crippen molar-refractivity contribution in [2.75, 3.05) is 14.2 Å². The van der Waals surface area contributed by atoms with Crippen molar-refractivity contribution in [2.24, 2.45) is 4.99 Å². The third-order valence-corrected chi connectivity index (χ3v) is 7.09. The Hall–Kier alpha value is -3.27. The highest BCUT2D eigenvalue weighted by Gasteiger charge is 2.30. The molecule has 1 N–H and O–H groups in total. The van der Waals surface area contributed by atoms with E-state index in [0.717, 1.165) is 11.1 Å². The van der Waals surface area contributed by atoms with E-state index in [1.54, 1.807) is 50.6 Å². The van der Waals surface area contributed by atoms with Crippen LogP contribution < -0.4 is 9.47 Å². The highest BCUT2D eigenvalue weighted by molar-refractivity contribution is 9.10. The zero-order chi connectivity index (χ0) is 25.8. The molecule has 0 atom stereocenters. The van der Waals surface area contributed by atoms with Gasteiger partial charge >= 0.3 is 5.97 Å². The number of halogens is 2. The average Bonchev–Trinajstić information content (AvgIpc) is 3.12. The largest absolute Gasteiger partial charge is 0.493 e. The van der Waals surface area contributed by atoms with Gasteiger partial charge in [0, 0.05) is 12.1 Å². The molecule has 0 aromatic heterocycles. The molecule has 10 heteroatoms. The first-order valence-corrected chi connectivity index (χ1v) is 12.6. The summed E-state index contributed by atoms with van der Waals surface area (Å²) < 4.78 is 12.2. The van der Waals surface area contributed by atoms with Crippen LogP contribution in [0.5, 0.6) is 11.5 Å². The van der Waals surface area contributed by atoms with Crippen molar-refractivity contribution in [2.45, 2.75) is 6.61 Å². The number of amides is 1. The number of thioether (sulfide) groups is 1. The van der Waals surface area contributed by atoms with Crippen molar-refractivity contribution in [3.63, 3.8) is 0 Å². The van der Waals surface area contributed by atoms with Crippen LogP contribution in [0.25, 0.3) is 6.08 Å². The van der Waals surface area contributed by atoms with Crippen LogP contribution in [0, 0.1) is 0 Å². The van der Waals surface area contributed by atoms with Crippen molar-refractivity contribution < 1.29 is 24.2 Å². The van der Waals surface area contributed by atoms with Gasteiger partial charge in [-0.15, -0.1) is 0 Å². The second-order valence-electron chi connectivity index (χ2n) is 7.67. The van der Waals surface area contributed by atoms with Crippen molar-refractivity contribution in [1.29, 1.82) is 0 Å². The molecular weight excluding hydrogens is 568 g/mol. The van der Waals surface area contributed by atoms with E-state index in [9.17, 15) is 9.59 Å². The molecule has 0 saturated carbocycles. The molecule has 1 aliphatic rings. The molecule has 1 fully saturated rings. The SMILES string of the molecule is COc1cc(C=C2SC(=Nc3ccc(C(=O)O)cc3)N(C)C2=O)cc(Br)c1OCc1ccc(Cl)cc1. The summed E-state index contributed by atoms with van der Waals surface area (Å²) in [6.07, 6.45) is 1.76. The Morgan fingerprint density at radius 1 is 1.17 bits per heavy atom. The number of nitrogens with zero attached hydrogens (tertiary/aromatic N) is 2. The van der Waals surface area contributed by atoms with Crippen LogP contribution in [-0.2, 0) is 11.4 Å². The van der Waals surface area contributed by atoms with E-state index in [1.807, 2.05) is 18.2 Å². The van der Waals surface area contributed by atoms with Gasteiger partial charge in [-0.25, -0.2) is 9.79 Å². The number of likely N-dealkylation sites (N-methyl/N-ethyl adjacent to an activating group) is 1. The molecule has 0 radical (unpaired) electrons. The summed E-state index contributed by atoms with van der Waals surface area (Å²) >= 11 is 10.7. The van der Waals surface area contributed by atoms with Crippen LogP contribution in [0.3, 0.4) is 0 Å². The minimum Gasteiger partial charge on any atom is -0.493 e. The maximum absolute atomic E-state index is 12.8. The van der Waals surface area contributed by atoms with E-state index in [0.29, 0.717) is 43.4 Å². The Kier molecular flexibility index (Phi) is 8.03. The number of amidine groups is 1. The van der Waals surface area contributed by atoms with Crippen LogP contribution in [0.2, 0.25) is 5.02 Å². The molecule has 1 aliphatic heterocycles. The number of carboxylic acid groups (broad SMARTS) is 1. The number of hydrogen-bond donors (Lipinski definition) is 1. The molecule has 0 spiro atoms. The number of carbonyl (C=O) groups is 2. The maximum Gasteiger partial charge on any atom is 0.335 e. The second-order valence-corrected chi connectivity index (χ2v) is 9.97. The fraction of sp³-hybridized carbons (Fsp3) is 0.115. The zero-order valence-electron chi connectivity index (χ0n) is 19.2. The van der Waals surface area contributed by atoms with Crippen LogP contribution in [-0.4, -0.2) is 41.2 Å². The molecule has 3 aromatic carbocycles. The van der Waals surface area contributed by atoms with Crippen molar-refractivity contribution in [1.82, 2.24) is 4.90 Å². The summed E-state index contributed by atoms with van der Waals surface area (Å²) in [7, 11) is 3.20. The maximum atomic E-state index is 12.8. The summed E-state index contributed by atoms with van der Waals surface area (Å²) in [6, 6.07) is 17.2. The Morgan fingerprint density at radius 2 is 1.86 bits per heavy atom. The normalized spacial score (nSPS) is 15.6. The standard InChI is InChI=1S/C26H20BrClN2O5S/c1-30-24(31)22(36-26(30)29-19-9-5-17(6-10-19)25(32)33)13-16-11-20(27)23(21(12-16)34-2)35-14-15-3-7-18(28)8-4-15/h3-13H,14H2,1-2H3,(H,32,33). The Bertz CT molecular complexity index is 1370. The van der Waals surface area contributed by atoms with Gasteiger partial charge in [-0.2, -0.15) is 0 Å². The number of carboxylic acids is 1. The lowest BCUT2D eigenvalue weighted by Crippen LogP contribution is -2.23. The molecular formula is C26H20BrClN2O5S. The fourth-order valence-electron chi connectivity index (χ4n) is 3.29. The van der Waals surface area contributed by atoms with Crippen LogP contribution in [0.1, 0.15) is 21.5 Å². The lowest BCUT2D eigenvalue weighted by atomic mass is 10.1. The smallest absolute Gasteiger partial charge is 0.335 e. The molecule has 7 nitrogen and oxygen atoms in total. The first kappa shape index (κ1) is 25.8. The summed E-state index contributed by atoms with van der Waals surface area (Å²) in [5.74, 6) is -0.144. The minimum atomic E-state index is -1.01. The van der Waals surface area contributed by atoms with Gasteiger partial charge in [-0.1, -0.05) is 23.7 Å². The van der Waals surface area contributed by atoms with Gasteiger partial charge in [-0.3, -0.25) is 9.69 Å². The number of hydrogen-bond acceptors (Lipinski definition) is 6. The molecule has 1 heterocycles. The number of carbonyl (C=O) groups excluding carboxylic acids is 1. The van der Waals surface area contributed by atoms with Crippen LogP contribution in [0.4, 0.5) is 5.69 Å². The summed E-state index contributed by atoms with van der Waals surface area (Å²) in [5.41, 5.74) is 2.42. The van der Waals surface area contributed by atoms with Crippen LogP contribution in [0.15, 0.2) is 75.0 Å². The average molecular weight is 588 g/mol. The third kappa shape index (κ3) is 5.92. The number of ether oxygens (including phenoxy) is 2. The Balaban J connectivity index is 1.55. The van der Waals surface area contributed by atoms with Gasteiger partial charge in [0.2, 0.25) is 0 Å². The number of rotatable bonds is 7. The van der Waals surface area contributed by atoms with E-state index in [2.05, 4.69) is 20.9 Å². The quantitative estimate of drug-likeness (QED) is 0.313. The molecule has 3 aromatic rings. The molecule has 0 aliphatic carbocycles. The van der Waals surface area contributed by atoms with Crippen molar-refractivity contribution in [3.8, 4) is 11.5 Å². The molecule has 1 amide bonds. The van der Waals surface area contributed by atoms with Crippen molar-refractivity contribution in [3.05, 3.63) is 91.8 Å². The second kappa shape index (κ2) is 11.2. The zero-order valence-corrected chi connectivity index (χ0v) is 22.4. The van der Waals surface area contributed by atoms with E-state index in [-0.39, 0.29) is 11.5 Å². The summed E-state index contributed by atoms with van der Waals surface area (Å²) in [6.45, 7) is 0.332. The highest BCUT2D eigenvalue weighted by Crippen LogP contribution is 2.39. The van der Waals surface area contributed by atoms with Gasteiger partial charge in [0.1, 0.15) is 6.61 Å². The van der Waals surface area contributed by atoms with Crippen molar-refractivity contribution >= 4 is 68.1 Å². The number of benzene rings is 3. The monoisotopic (exact) mass is 586 g/mol. The lowest BCUT2D eigenvalue weighted by molar-refractivity contribution is -0.121. The van der Waals surface area contributed by atoms with E-state index >= 15 is 0 Å². The molecule has 1 saturated heterocycles. The van der Waals surface area contributed by atoms with E-state index in [4.69, 9.17) is 26.2 Å².